The van der Waals surface area contributed by atoms with Crippen LogP contribution in [0.5, 0.6) is 0 Å². The third-order valence-electron chi connectivity index (χ3n) is 5.31. The topological polar surface area (TPSA) is 91.6 Å². The number of fused-ring (bicyclic) bond motifs is 1. The zero-order valence-electron chi connectivity index (χ0n) is 16.5. The second kappa shape index (κ2) is 8.19. The van der Waals surface area contributed by atoms with Gasteiger partial charge in [0.05, 0.1) is 18.0 Å². The Balaban J connectivity index is 1.19. The molecule has 0 spiro atoms. The van der Waals surface area contributed by atoms with Gasteiger partial charge in [-0.3, -0.25) is 9.59 Å². The molecule has 2 aromatic carbocycles. The summed E-state index contributed by atoms with van der Waals surface area (Å²) in [6.07, 6.45) is 1.51. The molecule has 0 atom stereocenters. The fourth-order valence-corrected chi connectivity index (χ4v) is 4.12. The predicted molar refractivity (Wildman–Crippen MR) is 119 cm³/mol. The number of carbonyl (C=O) groups is 2. The minimum atomic E-state index is -0.187. The van der Waals surface area contributed by atoms with Crippen LogP contribution in [0.15, 0.2) is 65.3 Å². The second-order valence-electron chi connectivity index (χ2n) is 7.23. The largest absolute Gasteiger partial charge is 0.459 e. The number of carbonyl (C=O) groups excluding carboxylic acids is 2. The molecule has 1 aliphatic heterocycles. The van der Waals surface area contributed by atoms with Gasteiger partial charge >= 0.3 is 0 Å². The molecular weight excluding hydrogens is 414 g/mol. The minimum Gasteiger partial charge on any atom is -0.459 e. The van der Waals surface area contributed by atoms with Crippen molar-refractivity contribution in [1.29, 1.82) is 0 Å². The van der Waals surface area contributed by atoms with Crippen molar-refractivity contribution in [3.05, 3.63) is 72.2 Å². The second-order valence-corrected chi connectivity index (χ2v) is 7.75. The fourth-order valence-electron chi connectivity index (χ4n) is 3.61. The van der Waals surface area contributed by atoms with Crippen LogP contribution < -0.4 is 10.2 Å². The molecule has 4 aromatic rings. The van der Waals surface area contributed by atoms with Gasteiger partial charge in [0, 0.05) is 43.1 Å². The lowest BCUT2D eigenvalue weighted by Crippen LogP contribution is -2.48. The number of amides is 2. The zero-order chi connectivity index (χ0) is 21.2. The first kappa shape index (κ1) is 19.3. The van der Waals surface area contributed by atoms with Crippen molar-refractivity contribution < 1.29 is 14.0 Å². The molecule has 5 rings (SSSR count). The highest BCUT2D eigenvalue weighted by Crippen LogP contribution is 2.21. The van der Waals surface area contributed by atoms with Gasteiger partial charge in [-0.1, -0.05) is 0 Å². The van der Waals surface area contributed by atoms with E-state index < -0.39 is 0 Å². The Hall–Kier alpha value is -3.72. The molecule has 0 unspecified atom stereocenters. The van der Waals surface area contributed by atoms with E-state index in [1.165, 1.54) is 6.26 Å². The lowest BCUT2D eigenvalue weighted by molar-refractivity contribution is 0.0714. The maximum absolute atomic E-state index is 12.6. The van der Waals surface area contributed by atoms with Crippen LogP contribution in [0.1, 0.15) is 20.9 Å². The van der Waals surface area contributed by atoms with Gasteiger partial charge in [-0.2, -0.15) is 8.75 Å². The van der Waals surface area contributed by atoms with Gasteiger partial charge in [-0.15, -0.1) is 0 Å². The number of benzene rings is 2. The minimum absolute atomic E-state index is 0.0747. The molecule has 1 N–H and O–H groups in total. The van der Waals surface area contributed by atoms with Gasteiger partial charge < -0.3 is 19.5 Å². The molecule has 2 aromatic heterocycles. The standard InChI is InChI=1S/C22H19N5O3S/c28-21(15-3-8-18-19(14-15)25-31-24-18)23-16-4-6-17(7-5-16)26-9-11-27(12-10-26)22(29)20-2-1-13-30-20/h1-8,13-14H,9-12H2,(H,23,28). The Labute approximate surface area is 182 Å². The van der Waals surface area contributed by atoms with Crippen LogP contribution in [0.4, 0.5) is 11.4 Å². The van der Waals surface area contributed by atoms with Crippen LogP contribution in [-0.2, 0) is 0 Å². The summed E-state index contributed by atoms with van der Waals surface area (Å²) in [6, 6.07) is 16.4. The van der Waals surface area contributed by atoms with Crippen molar-refractivity contribution in [2.75, 3.05) is 36.4 Å². The Morgan fingerprint density at radius 1 is 0.935 bits per heavy atom. The van der Waals surface area contributed by atoms with E-state index in [1.807, 2.05) is 24.3 Å². The predicted octanol–water partition coefficient (Wildman–Crippen LogP) is 3.50. The SMILES string of the molecule is O=C(Nc1ccc(N2CCN(C(=O)c3ccco3)CC2)cc1)c1ccc2nsnc2c1. The van der Waals surface area contributed by atoms with Crippen LogP contribution in [0.2, 0.25) is 0 Å². The van der Waals surface area contributed by atoms with Crippen LogP contribution in [0.3, 0.4) is 0 Å². The van der Waals surface area contributed by atoms with Crippen molar-refractivity contribution in [2.45, 2.75) is 0 Å². The van der Waals surface area contributed by atoms with E-state index in [9.17, 15) is 9.59 Å². The summed E-state index contributed by atoms with van der Waals surface area (Å²) >= 11 is 1.13. The molecule has 0 bridgehead atoms. The summed E-state index contributed by atoms with van der Waals surface area (Å²) in [6.45, 7) is 2.73. The molecule has 8 nitrogen and oxygen atoms in total. The quantitative estimate of drug-likeness (QED) is 0.530. The third kappa shape index (κ3) is 3.99. The van der Waals surface area contributed by atoms with Gasteiger partial charge in [-0.25, -0.2) is 0 Å². The number of furan rings is 1. The Morgan fingerprint density at radius 3 is 2.45 bits per heavy atom. The van der Waals surface area contributed by atoms with Gasteiger partial charge in [0.15, 0.2) is 5.76 Å². The van der Waals surface area contributed by atoms with E-state index in [-0.39, 0.29) is 11.8 Å². The lowest BCUT2D eigenvalue weighted by Gasteiger charge is -2.35. The first-order valence-corrected chi connectivity index (χ1v) is 10.6. The summed E-state index contributed by atoms with van der Waals surface area (Å²) in [4.78, 5) is 29.0. The van der Waals surface area contributed by atoms with Crippen molar-refractivity contribution in [2.24, 2.45) is 0 Å². The average molecular weight is 433 g/mol. The van der Waals surface area contributed by atoms with E-state index in [2.05, 4.69) is 19.0 Å². The summed E-state index contributed by atoms with van der Waals surface area (Å²) < 4.78 is 13.5. The Bertz CT molecular complexity index is 1210. The highest BCUT2D eigenvalue weighted by molar-refractivity contribution is 7.00. The molecule has 0 aliphatic carbocycles. The number of rotatable bonds is 4. The third-order valence-corrected chi connectivity index (χ3v) is 5.86. The molecule has 31 heavy (non-hydrogen) atoms. The maximum atomic E-state index is 12.6. The Morgan fingerprint density at radius 2 is 1.71 bits per heavy atom. The average Bonchev–Trinajstić information content (AvgIpc) is 3.51. The summed E-state index contributed by atoms with van der Waals surface area (Å²) in [7, 11) is 0. The van der Waals surface area contributed by atoms with E-state index in [0.717, 1.165) is 47.2 Å². The van der Waals surface area contributed by atoms with Gasteiger partial charge in [-0.05, 0) is 54.6 Å². The molecule has 0 saturated carbocycles. The van der Waals surface area contributed by atoms with Crippen LogP contribution in [0.25, 0.3) is 11.0 Å². The summed E-state index contributed by atoms with van der Waals surface area (Å²) in [5.74, 6) is 0.112. The van der Waals surface area contributed by atoms with Crippen LogP contribution in [0, 0.1) is 0 Å². The van der Waals surface area contributed by atoms with Gasteiger partial charge in [0.25, 0.3) is 11.8 Å². The fraction of sp³-hybridized carbons (Fsp3) is 0.182. The number of hydrogen-bond donors (Lipinski definition) is 1. The molecule has 3 heterocycles. The number of aromatic nitrogens is 2. The van der Waals surface area contributed by atoms with Crippen molar-refractivity contribution in [3.8, 4) is 0 Å². The number of nitrogens with one attached hydrogen (secondary N) is 1. The normalized spacial score (nSPS) is 14.1. The monoisotopic (exact) mass is 433 g/mol. The lowest BCUT2D eigenvalue weighted by atomic mass is 10.1. The number of anilines is 2. The number of hydrogen-bond acceptors (Lipinski definition) is 7. The zero-order valence-corrected chi connectivity index (χ0v) is 17.3. The smallest absolute Gasteiger partial charge is 0.289 e. The molecular formula is C22H19N5O3S. The van der Waals surface area contributed by atoms with E-state index in [1.54, 1.807) is 35.2 Å². The molecule has 2 amide bonds. The molecule has 1 saturated heterocycles. The maximum Gasteiger partial charge on any atom is 0.289 e. The van der Waals surface area contributed by atoms with Gasteiger partial charge in [0.1, 0.15) is 11.0 Å². The summed E-state index contributed by atoms with van der Waals surface area (Å²) in [5.41, 5.74) is 3.83. The van der Waals surface area contributed by atoms with E-state index >= 15 is 0 Å². The summed E-state index contributed by atoms with van der Waals surface area (Å²) in [5, 5.41) is 2.92. The molecule has 9 heteroatoms. The highest BCUT2D eigenvalue weighted by Gasteiger charge is 2.23. The number of nitrogens with zero attached hydrogens (tertiary/aromatic N) is 4. The van der Waals surface area contributed by atoms with E-state index in [4.69, 9.17) is 4.42 Å². The van der Waals surface area contributed by atoms with Crippen LogP contribution in [-0.4, -0.2) is 51.6 Å². The van der Waals surface area contributed by atoms with Crippen molar-refractivity contribution in [1.82, 2.24) is 13.6 Å². The van der Waals surface area contributed by atoms with Gasteiger partial charge in [0.2, 0.25) is 0 Å². The van der Waals surface area contributed by atoms with Crippen LogP contribution >= 0.6 is 11.7 Å². The molecule has 1 aliphatic rings. The molecule has 1 fully saturated rings. The van der Waals surface area contributed by atoms with E-state index in [0.29, 0.717) is 24.4 Å². The first-order valence-electron chi connectivity index (χ1n) is 9.89. The van der Waals surface area contributed by atoms with Crippen molar-refractivity contribution >= 4 is 46.0 Å². The molecule has 0 radical (unpaired) electrons. The highest BCUT2D eigenvalue weighted by atomic mass is 32.1. The Kier molecular flexibility index (Phi) is 5.09. The molecule has 156 valence electrons. The first-order chi connectivity index (χ1) is 15.2. The number of piperazine rings is 1. The van der Waals surface area contributed by atoms with Crippen molar-refractivity contribution in [3.63, 3.8) is 0 Å².